The zero-order valence-electron chi connectivity index (χ0n) is 29.4. The van der Waals surface area contributed by atoms with Crippen molar-refractivity contribution in [3.05, 3.63) is 119 Å². The van der Waals surface area contributed by atoms with Crippen molar-refractivity contribution in [2.45, 2.75) is 114 Å². The van der Waals surface area contributed by atoms with Crippen molar-refractivity contribution in [2.24, 2.45) is 23.7 Å². The molecule has 0 aromatic heterocycles. The van der Waals surface area contributed by atoms with Gasteiger partial charge in [-0.25, -0.2) is 0 Å². The van der Waals surface area contributed by atoms with Gasteiger partial charge >= 0.3 is 0 Å². The highest BCUT2D eigenvalue weighted by atomic mass is 16.5. The van der Waals surface area contributed by atoms with Crippen LogP contribution in [0.2, 0.25) is 0 Å². The molecule has 2 saturated heterocycles. The molecule has 2 aliphatic heterocycles. The lowest BCUT2D eigenvalue weighted by Gasteiger charge is -2.47. The Morgan fingerprint density at radius 2 is 1.20 bits per heavy atom. The number of hydrogen-bond acceptors (Lipinski definition) is 4. The van der Waals surface area contributed by atoms with Crippen molar-refractivity contribution in [2.75, 3.05) is 0 Å². The Kier molecular flexibility index (Phi) is 8.41. The Morgan fingerprint density at radius 1 is 0.500 bits per heavy atom. The van der Waals surface area contributed by atoms with Gasteiger partial charge in [0.2, 0.25) is 0 Å². The molecule has 2 heterocycles. The molecule has 258 valence electrons. The molecule has 0 spiro atoms. The highest BCUT2D eigenvalue weighted by molar-refractivity contribution is 5.81. The molecule has 6 aliphatic rings. The van der Waals surface area contributed by atoms with Crippen molar-refractivity contribution >= 4 is 0 Å². The maximum absolute atomic E-state index is 7.09. The molecular formula is C46H53N3O. The van der Waals surface area contributed by atoms with E-state index in [4.69, 9.17) is 4.74 Å². The summed E-state index contributed by atoms with van der Waals surface area (Å²) in [6.07, 6.45) is 17.2. The Balaban J connectivity index is 0.803. The molecule has 10 rings (SSSR count). The van der Waals surface area contributed by atoms with Gasteiger partial charge in [-0.15, -0.1) is 0 Å². The summed E-state index contributed by atoms with van der Waals surface area (Å²) in [6.45, 7) is 0. The van der Waals surface area contributed by atoms with Crippen LogP contribution >= 0.6 is 0 Å². The third-order valence-corrected chi connectivity index (χ3v) is 13.9. The normalized spacial score (nSPS) is 33.6. The summed E-state index contributed by atoms with van der Waals surface area (Å²) in [7, 11) is 0. The van der Waals surface area contributed by atoms with Gasteiger partial charge in [0.05, 0.1) is 30.7 Å². The van der Waals surface area contributed by atoms with Crippen LogP contribution in [0.4, 0.5) is 0 Å². The van der Waals surface area contributed by atoms with E-state index in [1.54, 1.807) is 0 Å². The van der Waals surface area contributed by atoms with Crippen LogP contribution in [0.1, 0.15) is 105 Å². The molecule has 0 amide bonds. The number of benzene rings is 4. The van der Waals surface area contributed by atoms with E-state index in [1.165, 1.54) is 115 Å². The van der Waals surface area contributed by atoms with E-state index in [2.05, 4.69) is 113 Å². The van der Waals surface area contributed by atoms with E-state index in [0.29, 0.717) is 36.4 Å². The topological polar surface area (TPSA) is 45.3 Å². The molecule has 4 aliphatic carbocycles. The Hall–Kier alpha value is -3.28. The van der Waals surface area contributed by atoms with Crippen molar-refractivity contribution in [3.8, 4) is 22.3 Å². The number of fused-ring (bicyclic) bond motifs is 6. The van der Waals surface area contributed by atoms with Crippen LogP contribution in [0.5, 0.6) is 0 Å². The Bertz CT molecular complexity index is 1800. The second-order valence-corrected chi connectivity index (χ2v) is 16.6. The third-order valence-electron chi connectivity index (χ3n) is 13.9. The van der Waals surface area contributed by atoms with Crippen LogP contribution in [0.15, 0.2) is 97.1 Å². The van der Waals surface area contributed by atoms with E-state index < -0.39 is 0 Å². The zero-order chi connectivity index (χ0) is 33.0. The van der Waals surface area contributed by atoms with Gasteiger partial charge in [0.25, 0.3) is 0 Å². The molecular weight excluding hydrogens is 611 g/mol. The molecule has 0 radical (unpaired) electrons. The average Bonchev–Trinajstić information content (AvgIpc) is 3.75. The van der Waals surface area contributed by atoms with Gasteiger partial charge in [-0.2, -0.15) is 0 Å². The molecule has 50 heavy (non-hydrogen) atoms. The summed E-state index contributed by atoms with van der Waals surface area (Å²) < 4.78 is 7.09. The van der Waals surface area contributed by atoms with Crippen molar-refractivity contribution in [1.82, 2.24) is 16.0 Å². The van der Waals surface area contributed by atoms with Crippen molar-refractivity contribution < 1.29 is 4.74 Å². The van der Waals surface area contributed by atoms with E-state index in [9.17, 15) is 0 Å². The van der Waals surface area contributed by atoms with Crippen LogP contribution in [-0.4, -0.2) is 24.5 Å². The van der Waals surface area contributed by atoms with Crippen LogP contribution in [0, 0.1) is 23.7 Å². The predicted molar refractivity (Wildman–Crippen MR) is 202 cm³/mol. The van der Waals surface area contributed by atoms with E-state index in [-0.39, 0.29) is 6.17 Å². The minimum atomic E-state index is 0.200. The SMILES string of the molecule is c1ccc(C2NC(C3CCCCC3)NC(C3CCC4C(C3)OC3CC(c5ccc(-c6ccc7c(c6)-c6ccccc6C7)cc5)CCC34)N2)cc1. The first-order valence-electron chi connectivity index (χ1n) is 20.0. The third kappa shape index (κ3) is 5.87. The molecule has 0 bridgehead atoms. The maximum atomic E-state index is 7.09. The maximum Gasteiger partial charge on any atom is 0.0859 e. The number of ether oxygens (including phenoxy) is 1. The fourth-order valence-electron chi connectivity index (χ4n) is 11.3. The average molecular weight is 664 g/mol. The number of rotatable bonds is 5. The highest BCUT2D eigenvalue weighted by Gasteiger charge is 2.50. The minimum Gasteiger partial charge on any atom is -0.374 e. The smallest absolute Gasteiger partial charge is 0.0859 e. The first-order chi connectivity index (χ1) is 24.7. The second kappa shape index (κ2) is 13.4. The summed E-state index contributed by atoms with van der Waals surface area (Å²) in [6, 6.07) is 36.6. The van der Waals surface area contributed by atoms with E-state index in [1.807, 2.05) is 0 Å². The van der Waals surface area contributed by atoms with Crippen LogP contribution in [-0.2, 0) is 11.2 Å². The standard InChI is InChI=1S/C46H53N3O/c1-3-9-31(10-4-1)44-47-45(32-11-5-2-6-12-32)49-46(48-44)37-22-24-40-39-23-21-34(27-42(39)50-43(40)28-37)30-17-15-29(16-18-30)33-19-20-36-25-35-13-7-8-14-38(35)41(36)26-33/h1,3-4,7-10,13-20,26,32,34,37,39-40,42-49H,2,5-6,11-12,21-25,27-28H2. The lowest BCUT2D eigenvalue weighted by molar-refractivity contribution is -0.0191. The quantitative estimate of drug-likeness (QED) is 0.175. The summed E-state index contributed by atoms with van der Waals surface area (Å²) in [4.78, 5) is 0. The molecule has 5 fully saturated rings. The van der Waals surface area contributed by atoms with Crippen LogP contribution in [0.3, 0.4) is 0 Å². The molecule has 3 saturated carbocycles. The monoisotopic (exact) mass is 663 g/mol. The molecule has 4 aromatic rings. The summed E-state index contributed by atoms with van der Waals surface area (Å²) in [5, 5.41) is 12.1. The van der Waals surface area contributed by atoms with Crippen LogP contribution < -0.4 is 16.0 Å². The van der Waals surface area contributed by atoms with Crippen LogP contribution in [0.25, 0.3) is 22.3 Å². The van der Waals surface area contributed by atoms with Gasteiger partial charge in [0, 0.05) is 0 Å². The van der Waals surface area contributed by atoms with Gasteiger partial charge in [-0.05, 0) is 138 Å². The van der Waals surface area contributed by atoms with E-state index >= 15 is 0 Å². The highest BCUT2D eigenvalue weighted by Crippen LogP contribution is 2.52. The van der Waals surface area contributed by atoms with Crippen molar-refractivity contribution in [1.29, 1.82) is 0 Å². The largest absolute Gasteiger partial charge is 0.374 e. The van der Waals surface area contributed by atoms with Gasteiger partial charge in [-0.3, -0.25) is 16.0 Å². The lowest BCUT2D eigenvalue weighted by Crippen LogP contribution is -2.67. The van der Waals surface area contributed by atoms with Crippen molar-refractivity contribution in [3.63, 3.8) is 0 Å². The predicted octanol–water partition coefficient (Wildman–Crippen LogP) is 9.71. The summed E-state index contributed by atoms with van der Waals surface area (Å²) in [5.74, 6) is 3.41. The number of nitrogens with one attached hydrogen (secondary N) is 3. The zero-order valence-corrected chi connectivity index (χ0v) is 29.4. The minimum absolute atomic E-state index is 0.200. The van der Waals surface area contributed by atoms with Gasteiger partial charge in [-0.1, -0.05) is 110 Å². The Morgan fingerprint density at radius 3 is 2.04 bits per heavy atom. The second-order valence-electron chi connectivity index (χ2n) is 16.6. The van der Waals surface area contributed by atoms with E-state index in [0.717, 1.165) is 24.2 Å². The fraction of sp³-hybridized carbons (Fsp3) is 0.478. The van der Waals surface area contributed by atoms with Gasteiger partial charge < -0.3 is 4.74 Å². The molecule has 4 aromatic carbocycles. The first kappa shape index (κ1) is 31.5. The molecule has 3 N–H and O–H groups in total. The van der Waals surface area contributed by atoms with Gasteiger partial charge in [0.1, 0.15) is 0 Å². The fourth-order valence-corrected chi connectivity index (χ4v) is 11.3. The number of hydrogen-bond donors (Lipinski definition) is 3. The first-order valence-corrected chi connectivity index (χ1v) is 20.0. The summed E-state index contributed by atoms with van der Waals surface area (Å²) in [5.41, 5.74) is 11.2. The summed E-state index contributed by atoms with van der Waals surface area (Å²) >= 11 is 0. The Labute approximate surface area is 298 Å². The molecule has 9 atom stereocenters. The molecule has 9 unspecified atom stereocenters. The molecule has 4 heteroatoms. The lowest BCUT2D eigenvalue weighted by atomic mass is 9.68. The van der Waals surface area contributed by atoms with Gasteiger partial charge in [0.15, 0.2) is 0 Å². The molecule has 4 nitrogen and oxygen atoms in total.